The highest BCUT2D eigenvalue weighted by molar-refractivity contribution is 4.85. The lowest BCUT2D eigenvalue weighted by Crippen LogP contribution is -2.29. The molecule has 0 aromatic heterocycles. The van der Waals surface area contributed by atoms with Crippen molar-refractivity contribution in [1.82, 2.24) is 4.90 Å². The first-order chi connectivity index (χ1) is 6.27. The monoisotopic (exact) mass is 183 g/mol. The third kappa shape index (κ3) is 2.05. The Kier molecular flexibility index (Phi) is 2.89. The van der Waals surface area contributed by atoms with Gasteiger partial charge in [-0.1, -0.05) is 12.8 Å². The quantitative estimate of drug-likeness (QED) is 0.701. The zero-order valence-corrected chi connectivity index (χ0v) is 8.58. The van der Waals surface area contributed by atoms with E-state index < -0.39 is 0 Å². The summed E-state index contributed by atoms with van der Waals surface area (Å²) < 4.78 is 0. The first kappa shape index (κ1) is 9.47. The number of rotatable bonds is 2. The minimum absolute atomic E-state index is 0.00699. The Bertz CT molecular complexity index is 165. The Hall–Kier alpha value is -0.0800. The van der Waals surface area contributed by atoms with Crippen LogP contribution in [0.2, 0.25) is 0 Å². The van der Waals surface area contributed by atoms with Gasteiger partial charge in [0.1, 0.15) is 0 Å². The summed E-state index contributed by atoms with van der Waals surface area (Å²) in [5.41, 5.74) is 0. The first-order valence-electron chi connectivity index (χ1n) is 5.64. The van der Waals surface area contributed by atoms with Crippen LogP contribution >= 0.6 is 0 Å². The fourth-order valence-corrected chi connectivity index (χ4v) is 2.93. The van der Waals surface area contributed by atoms with Gasteiger partial charge in [0.25, 0.3) is 0 Å². The van der Waals surface area contributed by atoms with Gasteiger partial charge in [-0.05, 0) is 44.7 Å². The summed E-state index contributed by atoms with van der Waals surface area (Å²) in [6.07, 6.45) is 6.40. The van der Waals surface area contributed by atoms with E-state index >= 15 is 0 Å². The van der Waals surface area contributed by atoms with E-state index in [0.717, 1.165) is 6.54 Å². The van der Waals surface area contributed by atoms with Crippen molar-refractivity contribution in [2.45, 2.75) is 38.2 Å². The van der Waals surface area contributed by atoms with Crippen LogP contribution in [0, 0.1) is 11.8 Å². The molecule has 1 aliphatic heterocycles. The van der Waals surface area contributed by atoms with Gasteiger partial charge in [-0.3, -0.25) is 0 Å². The summed E-state index contributed by atoms with van der Waals surface area (Å²) in [5, 5.41) is 10.1. The molecule has 2 unspecified atom stereocenters. The van der Waals surface area contributed by atoms with Crippen molar-refractivity contribution in [2.24, 2.45) is 11.8 Å². The van der Waals surface area contributed by atoms with Crippen LogP contribution in [0.4, 0.5) is 0 Å². The fourth-order valence-electron chi connectivity index (χ4n) is 2.93. The van der Waals surface area contributed by atoms with E-state index in [-0.39, 0.29) is 6.10 Å². The Labute approximate surface area is 80.9 Å². The molecule has 1 heterocycles. The number of aliphatic hydroxyl groups is 1. The van der Waals surface area contributed by atoms with Gasteiger partial charge in [0.2, 0.25) is 0 Å². The van der Waals surface area contributed by atoms with E-state index in [0.29, 0.717) is 11.8 Å². The molecule has 0 amide bonds. The Morgan fingerprint density at radius 3 is 2.38 bits per heavy atom. The van der Waals surface area contributed by atoms with E-state index in [1.807, 2.05) is 0 Å². The molecule has 0 bridgehead atoms. The van der Waals surface area contributed by atoms with Gasteiger partial charge in [-0.25, -0.2) is 0 Å². The standard InChI is InChI=1S/C11H21NO/c1-12-7-6-10(8-12)11(13)9-4-2-3-5-9/h9-11,13H,2-8H2,1H3. The maximum atomic E-state index is 10.1. The molecular weight excluding hydrogens is 162 g/mol. The van der Waals surface area contributed by atoms with E-state index in [1.54, 1.807) is 0 Å². The van der Waals surface area contributed by atoms with Gasteiger partial charge in [0, 0.05) is 6.54 Å². The molecule has 76 valence electrons. The summed E-state index contributed by atoms with van der Waals surface area (Å²) in [7, 11) is 2.15. The highest BCUT2D eigenvalue weighted by Crippen LogP contribution is 2.33. The number of hydrogen-bond acceptors (Lipinski definition) is 2. The van der Waals surface area contributed by atoms with E-state index in [2.05, 4.69) is 11.9 Å². The number of hydrogen-bond donors (Lipinski definition) is 1. The smallest absolute Gasteiger partial charge is 0.0609 e. The normalized spacial score (nSPS) is 34.2. The van der Waals surface area contributed by atoms with Gasteiger partial charge in [0.05, 0.1) is 6.10 Å². The van der Waals surface area contributed by atoms with E-state index in [1.165, 1.54) is 38.6 Å². The zero-order valence-electron chi connectivity index (χ0n) is 8.58. The molecule has 0 aromatic rings. The largest absolute Gasteiger partial charge is 0.393 e. The summed E-state index contributed by atoms with van der Waals surface area (Å²) in [6.45, 7) is 2.28. The SMILES string of the molecule is CN1CCC(C(O)C2CCCC2)C1. The Morgan fingerprint density at radius 1 is 1.15 bits per heavy atom. The van der Waals surface area contributed by atoms with E-state index in [9.17, 15) is 5.11 Å². The van der Waals surface area contributed by atoms with Crippen LogP contribution in [0.25, 0.3) is 0 Å². The van der Waals surface area contributed by atoms with Crippen LogP contribution in [0.5, 0.6) is 0 Å². The molecule has 1 saturated heterocycles. The predicted octanol–water partition coefficient (Wildman–Crippen LogP) is 1.49. The lowest BCUT2D eigenvalue weighted by atomic mass is 9.89. The second kappa shape index (κ2) is 3.97. The van der Waals surface area contributed by atoms with Crippen molar-refractivity contribution in [3.05, 3.63) is 0 Å². The number of likely N-dealkylation sites (tertiary alicyclic amines) is 1. The summed E-state index contributed by atoms with van der Waals surface area (Å²) in [6, 6.07) is 0. The van der Waals surface area contributed by atoms with Crippen molar-refractivity contribution >= 4 is 0 Å². The second-order valence-corrected chi connectivity index (χ2v) is 4.85. The van der Waals surface area contributed by atoms with Crippen LogP contribution in [0.3, 0.4) is 0 Å². The average molecular weight is 183 g/mol. The van der Waals surface area contributed by atoms with Crippen LogP contribution in [0.1, 0.15) is 32.1 Å². The minimum atomic E-state index is -0.00699. The average Bonchev–Trinajstić information content (AvgIpc) is 2.72. The molecule has 0 spiro atoms. The van der Waals surface area contributed by atoms with Gasteiger partial charge < -0.3 is 10.0 Å². The van der Waals surface area contributed by atoms with Crippen LogP contribution in [0.15, 0.2) is 0 Å². The molecule has 2 aliphatic rings. The third-order valence-corrected chi connectivity index (χ3v) is 3.79. The third-order valence-electron chi connectivity index (χ3n) is 3.79. The van der Waals surface area contributed by atoms with Gasteiger partial charge in [-0.2, -0.15) is 0 Å². The van der Waals surface area contributed by atoms with Crippen molar-refractivity contribution < 1.29 is 5.11 Å². The van der Waals surface area contributed by atoms with Gasteiger partial charge in [0.15, 0.2) is 0 Å². The zero-order chi connectivity index (χ0) is 9.26. The topological polar surface area (TPSA) is 23.5 Å². The van der Waals surface area contributed by atoms with Crippen molar-refractivity contribution in [2.75, 3.05) is 20.1 Å². The number of aliphatic hydroxyl groups excluding tert-OH is 1. The lowest BCUT2D eigenvalue weighted by molar-refractivity contribution is 0.0568. The van der Waals surface area contributed by atoms with Crippen molar-refractivity contribution in [3.63, 3.8) is 0 Å². The van der Waals surface area contributed by atoms with Crippen LogP contribution < -0.4 is 0 Å². The molecule has 1 saturated carbocycles. The molecular formula is C11H21NO. The summed E-state index contributed by atoms with van der Waals surface area (Å²) >= 11 is 0. The lowest BCUT2D eigenvalue weighted by Gasteiger charge is -2.23. The van der Waals surface area contributed by atoms with Gasteiger partial charge >= 0.3 is 0 Å². The maximum absolute atomic E-state index is 10.1. The highest BCUT2D eigenvalue weighted by Gasteiger charge is 2.32. The van der Waals surface area contributed by atoms with Crippen molar-refractivity contribution in [3.8, 4) is 0 Å². The van der Waals surface area contributed by atoms with Crippen LogP contribution in [-0.4, -0.2) is 36.2 Å². The molecule has 0 aromatic carbocycles. The van der Waals surface area contributed by atoms with E-state index in [4.69, 9.17) is 0 Å². The molecule has 2 atom stereocenters. The molecule has 2 rings (SSSR count). The second-order valence-electron chi connectivity index (χ2n) is 4.85. The molecule has 2 heteroatoms. The molecule has 2 nitrogen and oxygen atoms in total. The molecule has 1 aliphatic carbocycles. The first-order valence-corrected chi connectivity index (χ1v) is 5.64. The molecule has 0 radical (unpaired) electrons. The Morgan fingerprint density at radius 2 is 1.85 bits per heavy atom. The predicted molar refractivity (Wildman–Crippen MR) is 53.6 cm³/mol. The molecule has 13 heavy (non-hydrogen) atoms. The minimum Gasteiger partial charge on any atom is -0.393 e. The fraction of sp³-hybridized carbons (Fsp3) is 1.00. The van der Waals surface area contributed by atoms with Crippen molar-refractivity contribution in [1.29, 1.82) is 0 Å². The highest BCUT2D eigenvalue weighted by atomic mass is 16.3. The van der Waals surface area contributed by atoms with Gasteiger partial charge in [-0.15, -0.1) is 0 Å². The molecule has 2 fully saturated rings. The Balaban J connectivity index is 1.85. The molecule has 1 N–H and O–H groups in total. The number of nitrogens with zero attached hydrogens (tertiary/aromatic N) is 1. The van der Waals surface area contributed by atoms with Crippen LogP contribution in [-0.2, 0) is 0 Å². The maximum Gasteiger partial charge on any atom is 0.0609 e. The summed E-state index contributed by atoms with van der Waals surface area (Å²) in [4.78, 5) is 2.34. The summed E-state index contributed by atoms with van der Waals surface area (Å²) in [5.74, 6) is 1.18.